The monoisotopic (exact) mass is 407 g/mol. The van der Waals surface area contributed by atoms with Gasteiger partial charge in [-0.15, -0.1) is 16.4 Å². The zero-order valence-corrected chi connectivity index (χ0v) is 16.1. The Morgan fingerprint density at radius 3 is 2.93 bits per heavy atom. The molecule has 5 heterocycles. The number of thiophene rings is 1. The molecule has 0 spiro atoms. The molecular weight excluding hydrogens is 394 g/mol. The van der Waals surface area contributed by atoms with Gasteiger partial charge in [-0.3, -0.25) is 9.89 Å². The van der Waals surface area contributed by atoms with Crippen LogP contribution < -0.4 is 5.56 Å². The van der Waals surface area contributed by atoms with Crippen molar-refractivity contribution in [1.29, 1.82) is 0 Å². The molecule has 29 heavy (non-hydrogen) atoms. The first-order chi connectivity index (χ1) is 14.1. The van der Waals surface area contributed by atoms with Gasteiger partial charge >= 0.3 is 5.97 Å². The van der Waals surface area contributed by atoms with Gasteiger partial charge in [0.2, 0.25) is 0 Å². The fourth-order valence-electron chi connectivity index (χ4n) is 3.16. The molecule has 0 aromatic carbocycles. The molecule has 0 radical (unpaired) electrons. The van der Waals surface area contributed by atoms with E-state index in [1.165, 1.54) is 33.7 Å². The second kappa shape index (κ2) is 6.34. The van der Waals surface area contributed by atoms with Crippen LogP contribution in [0.25, 0.3) is 33.2 Å². The van der Waals surface area contributed by atoms with Gasteiger partial charge in [0.15, 0.2) is 11.5 Å². The van der Waals surface area contributed by atoms with Crippen LogP contribution in [-0.4, -0.2) is 47.4 Å². The number of H-pyrrole nitrogens is 1. The molecule has 1 N–H and O–H groups in total. The Morgan fingerprint density at radius 2 is 2.17 bits per heavy atom. The van der Waals surface area contributed by atoms with E-state index in [1.807, 2.05) is 17.5 Å². The van der Waals surface area contributed by atoms with Gasteiger partial charge in [0.25, 0.3) is 11.5 Å². The maximum atomic E-state index is 13.0. The number of nitrogens with one attached hydrogen (secondary N) is 1. The van der Waals surface area contributed by atoms with Crippen molar-refractivity contribution in [3.8, 4) is 16.6 Å². The Labute approximate surface area is 166 Å². The maximum Gasteiger partial charge on any atom is 0.343 e. The Morgan fingerprint density at radius 1 is 1.31 bits per heavy atom. The van der Waals surface area contributed by atoms with E-state index < -0.39 is 5.97 Å². The fraction of sp³-hybridized carbons (Fsp3) is 0.111. The van der Waals surface area contributed by atoms with Gasteiger partial charge in [0.05, 0.1) is 28.6 Å². The predicted molar refractivity (Wildman–Crippen MR) is 105 cm³/mol. The predicted octanol–water partition coefficient (Wildman–Crippen LogP) is 1.98. The molecule has 0 amide bonds. The summed E-state index contributed by atoms with van der Waals surface area (Å²) in [6, 6.07) is 5.54. The molecule has 0 fully saturated rings. The highest BCUT2D eigenvalue weighted by Gasteiger charge is 2.21. The lowest BCUT2D eigenvalue weighted by Crippen LogP contribution is -2.20. The van der Waals surface area contributed by atoms with Gasteiger partial charge in [-0.05, 0) is 24.4 Å². The normalized spacial score (nSPS) is 11.4. The Hall–Kier alpha value is -3.86. The van der Waals surface area contributed by atoms with Gasteiger partial charge < -0.3 is 4.74 Å². The molecule has 0 aliphatic heterocycles. The van der Waals surface area contributed by atoms with E-state index in [1.54, 1.807) is 19.2 Å². The van der Waals surface area contributed by atoms with Crippen molar-refractivity contribution in [3.05, 3.63) is 57.6 Å². The lowest BCUT2D eigenvalue weighted by molar-refractivity contribution is 0.0602. The van der Waals surface area contributed by atoms with Crippen LogP contribution in [0.1, 0.15) is 16.1 Å². The average Bonchev–Trinajstić information content (AvgIpc) is 3.46. The van der Waals surface area contributed by atoms with Crippen LogP contribution in [0.15, 0.2) is 40.8 Å². The summed E-state index contributed by atoms with van der Waals surface area (Å²) < 4.78 is 7.62. The number of carbonyl (C=O) groups is 1. The van der Waals surface area contributed by atoms with Crippen molar-refractivity contribution < 1.29 is 9.53 Å². The van der Waals surface area contributed by atoms with Crippen LogP contribution in [0, 0.1) is 6.92 Å². The van der Waals surface area contributed by atoms with E-state index in [4.69, 9.17) is 4.74 Å². The van der Waals surface area contributed by atoms with Crippen molar-refractivity contribution in [2.24, 2.45) is 0 Å². The van der Waals surface area contributed by atoms with E-state index in [0.717, 1.165) is 4.88 Å². The Kier molecular flexibility index (Phi) is 3.77. The zero-order chi connectivity index (χ0) is 20.1. The van der Waals surface area contributed by atoms with Gasteiger partial charge in [0.1, 0.15) is 5.56 Å². The molecule has 10 nitrogen and oxygen atoms in total. The van der Waals surface area contributed by atoms with Crippen molar-refractivity contribution in [2.75, 3.05) is 7.11 Å². The van der Waals surface area contributed by atoms with Crippen LogP contribution in [0.4, 0.5) is 0 Å². The summed E-state index contributed by atoms with van der Waals surface area (Å²) in [4.78, 5) is 34.7. The molecule has 5 aromatic heterocycles. The van der Waals surface area contributed by atoms with Gasteiger partial charge in [-0.2, -0.15) is 10.1 Å². The van der Waals surface area contributed by atoms with Crippen molar-refractivity contribution in [1.82, 2.24) is 34.3 Å². The molecule has 0 saturated heterocycles. The summed E-state index contributed by atoms with van der Waals surface area (Å²) >= 11 is 1.52. The molecule has 0 aliphatic carbocycles. The summed E-state index contributed by atoms with van der Waals surface area (Å²) in [5, 5.41) is 13.6. The molecule has 0 atom stereocenters. The van der Waals surface area contributed by atoms with Crippen molar-refractivity contribution >= 4 is 33.9 Å². The second-order valence-corrected chi connectivity index (χ2v) is 7.14. The van der Waals surface area contributed by atoms with E-state index >= 15 is 0 Å². The standard InChI is InChI=1S/C18H13N7O3S/c1-9-13(17(27)28-2)15-19-8-10-11(25(15)23-9)5-6-24(16(10)26)18-20-14(21-22-18)12-4-3-7-29-12/h3-8H,1-2H3,(H,20,21,22). The largest absolute Gasteiger partial charge is 0.465 e. The quantitative estimate of drug-likeness (QED) is 0.454. The number of aryl methyl sites for hydroxylation is 1. The number of hydrogen-bond donors (Lipinski definition) is 1. The van der Waals surface area contributed by atoms with Crippen molar-refractivity contribution in [2.45, 2.75) is 6.92 Å². The van der Waals surface area contributed by atoms with Crippen LogP contribution in [0.5, 0.6) is 0 Å². The maximum absolute atomic E-state index is 13.0. The molecule has 144 valence electrons. The highest BCUT2D eigenvalue weighted by atomic mass is 32.1. The number of methoxy groups -OCH3 is 1. The molecular formula is C18H13N7O3S. The van der Waals surface area contributed by atoms with Crippen LogP contribution in [0.2, 0.25) is 0 Å². The summed E-state index contributed by atoms with van der Waals surface area (Å²) in [5.74, 6) is 0.285. The summed E-state index contributed by atoms with van der Waals surface area (Å²) in [5.41, 5.74) is 1.24. The van der Waals surface area contributed by atoms with E-state index in [9.17, 15) is 9.59 Å². The van der Waals surface area contributed by atoms with Gasteiger partial charge in [0, 0.05) is 12.4 Å². The van der Waals surface area contributed by atoms with Crippen LogP contribution in [-0.2, 0) is 4.74 Å². The van der Waals surface area contributed by atoms with E-state index in [0.29, 0.717) is 28.1 Å². The van der Waals surface area contributed by atoms with Crippen LogP contribution in [0.3, 0.4) is 0 Å². The zero-order valence-electron chi connectivity index (χ0n) is 15.3. The molecule has 0 saturated carbocycles. The van der Waals surface area contributed by atoms with Gasteiger partial charge in [-0.1, -0.05) is 6.07 Å². The number of hydrogen-bond acceptors (Lipinski definition) is 8. The number of carbonyl (C=O) groups excluding carboxylic acids is 1. The summed E-state index contributed by atoms with van der Waals surface area (Å²) in [6.45, 7) is 1.69. The smallest absolute Gasteiger partial charge is 0.343 e. The van der Waals surface area contributed by atoms with E-state index in [-0.39, 0.29) is 17.1 Å². The minimum absolute atomic E-state index is 0.229. The number of rotatable bonds is 3. The Bertz CT molecular complexity index is 1450. The average molecular weight is 407 g/mol. The first-order valence-electron chi connectivity index (χ1n) is 8.53. The lowest BCUT2D eigenvalue weighted by atomic mass is 10.2. The van der Waals surface area contributed by atoms with Crippen molar-refractivity contribution in [3.63, 3.8) is 0 Å². The molecule has 11 heteroatoms. The number of pyridine rings is 1. The minimum Gasteiger partial charge on any atom is -0.465 e. The number of ether oxygens (including phenoxy) is 1. The second-order valence-electron chi connectivity index (χ2n) is 6.20. The fourth-order valence-corrected chi connectivity index (χ4v) is 3.82. The number of esters is 1. The molecule has 0 aliphatic rings. The molecule has 5 rings (SSSR count). The number of aromatic amines is 1. The first kappa shape index (κ1) is 17.3. The summed E-state index contributed by atoms with van der Waals surface area (Å²) in [7, 11) is 1.30. The number of nitrogens with zero attached hydrogens (tertiary/aromatic N) is 6. The molecule has 0 unspecified atom stereocenters. The van der Waals surface area contributed by atoms with E-state index in [2.05, 4.69) is 25.3 Å². The first-order valence-corrected chi connectivity index (χ1v) is 9.41. The topological polar surface area (TPSA) is 120 Å². The highest BCUT2D eigenvalue weighted by Crippen LogP contribution is 2.22. The summed E-state index contributed by atoms with van der Waals surface area (Å²) in [6.07, 6.45) is 2.99. The third-order valence-electron chi connectivity index (χ3n) is 4.52. The molecule has 5 aromatic rings. The van der Waals surface area contributed by atoms with Crippen LogP contribution >= 0.6 is 11.3 Å². The number of fused-ring (bicyclic) bond motifs is 3. The SMILES string of the molecule is COC(=O)c1c(C)nn2c1ncc1c(=O)n(-c3n[nH]c(-c4cccs4)n3)ccc12. The lowest BCUT2D eigenvalue weighted by Gasteiger charge is -2.04. The third-order valence-corrected chi connectivity index (χ3v) is 5.40. The minimum atomic E-state index is -0.528. The third kappa shape index (κ3) is 2.55. The Balaban J connectivity index is 1.69. The van der Waals surface area contributed by atoms with Gasteiger partial charge in [-0.25, -0.2) is 18.9 Å². The highest BCUT2D eigenvalue weighted by molar-refractivity contribution is 7.13. The molecule has 0 bridgehead atoms. The number of aromatic nitrogens is 7.